The molecule has 1 fully saturated rings. The molecular formula is C21H23N5O. The van der Waals surface area contributed by atoms with Gasteiger partial charge >= 0.3 is 0 Å². The van der Waals surface area contributed by atoms with Gasteiger partial charge in [0.15, 0.2) is 0 Å². The first kappa shape index (κ1) is 17.4. The minimum Gasteiger partial charge on any atom is -0.337 e. The van der Waals surface area contributed by atoms with Gasteiger partial charge in [0, 0.05) is 36.5 Å². The molecule has 1 amide bonds. The molecule has 3 aromatic rings. The van der Waals surface area contributed by atoms with E-state index in [9.17, 15) is 4.79 Å². The molecule has 6 heteroatoms. The smallest absolute Gasteiger partial charge is 0.274 e. The van der Waals surface area contributed by atoms with Crippen molar-refractivity contribution in [3.63, 3.8) is 0 Å². The van der Waals surface area contributed by atoms with Crippen molar-refractivity contribution >= 4 is 5.91 Å². The molecule has 3 heterocycles. The van der Waals surface area contributed by atoms with Crippen LogP contribution in [0.25, 0.3) is 11.1 Å². The van der Waals surface area contributed by atoms with Gasteiger partial charge in [-0.2, -0.15) is 5.10 Å². The molecule has 0 saturated carbocycles. The van der Waals surface area contributed by atoms with Crippen molar-refractivity contribution in [2.45, 2.75) is 32.6 Å². The molecule has 1 aromatic carbocycles. The van der Waals surface area contributed by atoms with Crippen molar-refractivity contribution in [2.24, 2.45) is 0 Å². The Kier molecular flexibility index (Phi) is 4.71. The Bertz CT molecular complexity index is 947. The third kappa shape index (κ3) is 3.47. The standard InChI is InChI=1S/C21H23N5O/c1-14-6-3-4-8-17(14)18-11-24-25-20(18)16-7-5-9-26(13-16)21(27)19-12-22-15(2)10-23-19/h3-4,6,8,10-12,16H,5,7,9,13H2,1-2H3,(H,24,25)/t16-/m0/s1. The Morgan fingerprint density at radius 3 is 2.74 bits per heavy atom. The Balaban J connectivity index is 1.58. The molecule has 0 bridgehead atoms. The zero-order valence-electron chi connectivity index (χ0n) is 15.6. The van der Waals surface area contributed by atoms with Crippen molar-refractivity contribution in [3.05, 3.63) is 65.5 Å². The largest absolute Gasteiger partial charge is 0.337 e. The third-order valence-corrected chi connectivity index (χ3v) is 5.22. The SMILES string of the molecule is Cc1cnc(C(=O)N2CCC[C@H](c3[nH]ncc3-c3ccccc3C)C2)cn1. The van der Waals surface area contributed by atoms with E-state index >= 15 is 0 Å². The van der Waals surface area contributed by atoms with Gasteiger partial charge in [-0.25, -0.2) is 4.98 Å². The lowest BCUT2D eigenvalue weighted by molar-refractivity contribution is 0.0699. The summed E-state index contributed by atoms with van der Waals surface area (Å²) in [5.74, 6) is 0.183. The van der Waals surface area contributed by atoms with Crippen LogP contribution in [0.4, 0.5) is 0 Å². The van der Waals surface area contributed by atoms with E-state index in [1.54, 1.807) is 12.4 Å². The second-order valence-corrected chi connectivity index (χ2v) is 7.15. The van der Waals surface area contributed by atoms with E-state index in [1.807, 2.05) is 30.2 Å². The summed E-state index contributed by atoms with van der Waals surface area (Å²) < 4.78 is 0. The van der Waals surface area contributed by atoms with Crippen LogP contribution in [0, 0.1) is 13.8 Å². The van der Waals surface area contributed by atoms with Crippen LogP contribution in [-0.2, 0) is 0 Å². The summed E-state index contributed by atoms with van der Waals surface area (Å²) in [6.45, 7) is 5.39. The van der Waals surface area contributed by atoms with Crippen molar-refractivity contribution in [1.29, 1.82) is 0 Å². The molecule has 1 aliphatic rings. The molecule has 1 N–H and O–H groups in total. The number of nitrogens with zero attached hydrogens (tertiary/aromatic N) is 4. The highest BCUT2D eigenvalue weighted by Gasteiger charge is 2.29. The molecule has 2 aromatic heterocycles. The molecule has 1 saturated heterocycles. The summed E-state index contributed by atoms with van der Waals surface area (Å²) in [7, 11) is 0. The summed E-state index contributed by atoms with van der Waals surface area (Å²) in [5, 5.41) is 7.49. The van der Waals surface area contributed by atoms with E-state index in [-0.39, 0.29) is 11.8 Å². The number of nitrogens with one attached hydrogen (secondary N) is 1. The summed E-state index contributed by atoms with van der Waals surface area (Å²) in [4.78, 5) is 23.2. The number of likely N-dealkylation sites (tertiary alicyclic amines) is 1. The van der Waals surface area contributed by atoms with Crippen LogP contribution >= 0.6 is 0 Å². The molecule has 1 aliphatic heterocycles. The van der Waals surface area contributed by atoms with Gasteiger partial charge in [-0.05, 0) is 37.8 Å². The highest BCUT2D eigenvalue weighted by molar-refractivity contribution is 5.92. The molecule has 0 unspecified atom stereocenters. The lowest BCUT2D eigenvalue weighted by Gasteiger charge is -2.32. The second-order valence-electron chi connectivity index (χ2n) is 7.15. The number of hydrogen-bond donors (Lipinski definition) is 1. The summed E-state index contributed by atoms with van der Waals surface area (Å²) in [6.07, 6.45) is 7.09. The lowest BCUT2D eigenvalue weighted by Crippen LogP contribution is -2.39. The van der Waals surface area contributed by atoms with Gasteiger partial charge in [0.25, 0.3) is 5.91 Å². The fraction of sp³-hybridized carbons (Fsp3) is 0.333. The first-order valence-corrected chi connectivity index (χ1v) is 9.30. The van der Waals surface area contributed by atoms with Gasteiger partial charge < -0.3 is 4.90 Å². The number of aromatic amines is 1. The quantitative estimate of drug-likeness (QED) is 0.775. The highest BCUT2D eigenvalue weighted by Crippen LogP contribution is 2.34. The van der Waals surface area contributed by atoms with Gasteiger partial charge in [-0.1, -0.05) is 24.3 Å². The van der Waals surface area contributed by atoms with Crippen molar-refractivity contribution < 1.29 is 4.79 Å². The van der Waals surface area contributed by atoms with Gasteiger partial charge in [0.05, 0.1) is 18.1 Å². The first-order chi connectivity index (χ1) is 13.1. The number of carbonyl (C=O) groups excluding carboxylic acids is 1. The van der Waals surface area contributed by atoms with Crippen LogP contribution < -0.4 is 0 Å². The molecule has 0 radical (unpaired) electrons. The van der Waals surface area contributed by atoms with E-state index in [0.29, 0.717) is 12.2 Å². The normalized spacial score (nSPS) is 17.1. The average Bonchev–Trinajstić information content (AvgIpc) is 3.18. The third-order valence-electron chi connectivity index (χ3n) is 5.22. The molecule has 27 heavy (non-hydrogen) atoms. The summed E-state index contributed by atoms with van der Waals surface area (Å²) in [5.41, 5.74) is 5.86. The van der Waals surface area contributed by atoms with Gasteiger partial charge in [0.1, 0.15) is 5.69 Å². The van der Waals surface area contributed by atoms with Crippen LogP contribution in [0.3, 0.4) is 0 Å². The molecule has 6 nitrogen and oxygen atoms in total. The summed E-state index contributed by atoms with van der Waals surface area (Å²) >= 11 is 0. The minimum atomic E-state index is -0.0517. The number of piperidine rings is 1. The van der Waals surface area contributed by atoms with E-state index in [2.05, 4.69) is 39.2 Å². The number of H-pyrrole nitrogens is 1. The highest BCUT2D eigenvalue weighted by atomic mass is 16.2. The van der Waals surface area contributed by atoms with Crippen molar-refractivity contribution in [3.8, 4) is 11.1 Å². The fourth-order valence-electron chi connectivity index (χ4n) is 3.76. The van der Waals surface area contributed by atoms with Crippen LogP contribution in [0.2, 0.25) is 0 Å². The predicted molar refractivity (Wildman–Crippen MR) is 103 cm³/mol. The lowest BCUT2D eigenvalue weighted by atomic mass is 9.89. The molecule has 0 spiro atoms. The maximum absolute atomic E-state index is 12.8. The predicted octanol–water partition coefficient (Wildman–Crippen LogP) is 3.50. The Hall–Kier alpha value is -3.02. The van der Waals surface area contributed by atoms with Gasteiger partial charge in [-0.15, -0.1) is 0 Å². The molecular weight excluding hydrogens is 338 g/mol. The zero-order chi connectivity index (χ0) is 18.8. The van der Waals surface area contributed by atoms with Crippen LogP contribution in [0.1, 0.15) is 46.2 Å². The molecule has 138 valence electrons. The maximum atomic E-state index is 12.8. The first-order valence-electron chi connectivity index (χ1n) is 9.30. The monoisotopic (exact) mass is 361 g/mol. The number of aryl methyl sites for hydroxylation is 2. The number of carbonyl (C=O) groups is 1. The zero-order valence-corrected chi connectivity index (χ0v) is 15.6. The second kappa shape index (κ2) is 7.31. The van der Waals surface area contributed by atoms with E-state index in [1.165, 1.54) is 11.1 Å². The van der Waals surface area contributed by atoms with Gasteiger partial charge in [0.2, 0.25) is 0 Å². The molecule has 1 atom stereocenters. The Labute approximate surface area is 158 Å². The van der Waals surface area contributed by atoms with E-state index in [0.717, 1.165) is 36.3 Å². The maximum Gasteiger partial charge on any atom is 0.274 e. The van der Waals surface area contributed by atoms with Crippen LogP contribution in [0.15, 0.2) is 42.9 Å². The summed E-state index contributed by atoms with van der Waals surface area (Å²) in [6, 6.07) is 8.32. The molecule has 0 aliphatic carbocycles. The number of benzene rings is 1. The fourth-order valence-corrected chi connectivity index (χ4v) is 3.76. The number of aromatic nitrogens is 4. The average molecular weight is 361 g/mol. The van der Waals surface area contributed by atoms with Crippen LogP contribution in [-0.4, -0.2) is 44.1 Å². The Morgan fingerprint density at radius 1 is 1.11 bits per heavy atom. The molecule has 4 rings (SSSR count). The van der Waals surface area contributed by atoms with Crippen LogP contribution in [0.5, 0.6) is 0 Å². The topological polar surface area (TPSA) is 74.8 Å². The van der Waals surface area contributed by atoms with E-state index < -0.39 is 0 Å². The minimum absolute atomic E-state index is 0.0517. The number of rotatable bonds is 3. The van der Waals surface area contributed by atoms with Gasteiger partial charge in [-0.3, -0.25) is 14.9 Å². The number of hydrogen-bond acceptors (Lipinski definition) is 4. The number of amides is 1. The Morgan fingerprint density at radius 2 is 1.96 bits per heavy atom. The van der Waals surface area contributed by atoms with E-state index in [4.69, 9.17) is 0 Å². The van der Waals surface area contributed by atoms with Crippen molar-refractivity contribution in [2.75, 3.05) is 13.1 Å². The van der Waals surface area contributed by atoms with Crippen molar-refractivity contribution in [1.82, 2.24) is 25.1 Å².